The molecular weight excluding hydrogens is 255 g/mol. The number of rotatable bonds is 5. The largest absolute Gasteiger partial charge is 0.454 e. The molecule has 0 heterocycles. The van der Waals surface area contributed by atoms with Crippen LogP contribution >= 0.6 is 0 Å². The number of Topliss-reactive ketones (excluding diaryl/α,β-unsaturated/α-hetero) is 2. The van der Waals surface area contributed by atoms with E-state index in [1.807, 2.05) is 0 Å². The van der Waals surface area contributed by atoms with E-state index in [-0.39, 0.29) is 35.6 Å². The van der Waals surface area contributed by atoms with Gasteiger partial charge in [-0.25, -0.2) is 0 Å². The average Bonchev–Trinajstić information content (AvgIpc) is 2.48. The van der Waals surface area contributed by atoms with E-state index in [2.05, 4.69) is 0 Å². The van der Waals surface area contributed by atoms with Gasteiger partial charge in [-0.2, -0.15) is 0 Å². The molecule has 0 atom stereocenters. The van der Waals surface area contributed by atoms with Crippen LogP contribution in [-0.2, 0) is 9.59 Å². The highest BCUT2D eigenvalue weighted by molar-refractivity contribution is 6.43. The van der Waals surface area contributed by atoms with Crippen LogP contribution < -0.4 is 0 Å². The molecule has 0 aromatic rings. The van der Waals surface area contributed by atoms with Crippen molar-refractivity contribution in [2.24, 2.45) is 11.8 Å². The Hall–Kier alpha value is -0.675. The van der Waals surface area contributed by atoms with E-state index < -0.39 is 7.12 Å². The summed E-state index contributed by atoms with van der Waals surface area (Å²) in [4.78, 5) is 24.3. The Kier molecular flexibility index (Phi) is 5.79. The molecule has 0 saturated heterocycles. The Morgan fingerprint density at radius 3 is 1.80 bits per heavy atom. The Balaban J connectivity index is 1.76. The normalized spacial score (nSPS) is 28.1. The lowest BCUT2D eigenvalue weighted by molar-refractivity contribution is -0.132. The van der Waals surface area contributed by atoms with E-state index in [4.69, 9.17) is 10.0 Å². The highest BCUT2D eigenvalue weighted by Crippen LogP contribution is 2.35. The Morgan fingerprint density at radius 1 is 0.800 bits per heavy atom. The molecule has 0 spiro atoms. The van der Waals surface area contributed by atoms with Gasteiger partial charge in [0.25, 0.3) is 0 Å². The Bertz CT molecular complexity index is 342. The second-order valence-corrected chi connectivity index (χ2v) is 6.47. The third kappa shape index (κ3) is 4.16. The van der Waals surface area contributed by atoms with Gasteiger partial charge in [0, 0.05) is 11.8 Å². The van der Waals surface area contributed by atoms with E-state index in [1.165, 1.54) is 6.42 Å². The summed E-state index contributed by atoms with van der Waals surface area (Å²) in [5.41, 5.74) is 0. The lowest BCUT2D eigenvalue weighted by Gasteiger charge is -2.27. The molecule has 2 saturated carbocycles. The molecule has 4 nitrogen and oxygen atoms in total. The van der Waals surface area contributed by atoms with E-state index in [0.29, 0.717) is 25.7 Å². The van der Waals surface area contributed by atoms with Crippen LogP contribution in [0.1, 0.15) is 64.2 Å². The molecule has 2 fully saturated rings. The van der Waals surface area contributed by atoms with Gasteiger partial charge in [-0.05, 0) is 31.5 Å². The summed E-state index contributed by atoms with van der Waals surface area (Å²) in [5, 5.41) is 18.3. The van der Waals surface area contributed by atoms with Crippen LogP contribution in [0, 0.1) is 11.8 Å². The summed E-state index contributed by atoms with van der Waals surface area (Å²) in [5.74, 6) is 0.180. The number of carbonyl (C=O) groups excluding carboxylic acids is 2. The first-order valence-corrected chi connectivity index (χ1v) is 7.99. The molecule has 0 aromatic carbocycles. The van der Waals surface area contributed by atoms with E-state index in [0.717, 1.165) is 25.7 Å². The van der Waals surface area contributed by atoms with Crippen LogP contribution in [0.3, 0.4) is 0 Å². The monoisotopic (exact) mass is 280 g/mol. The average molecular weight is 280 g/mol. The minimum absolute atomic E-state index is 0.0439. The third-order valence-corrected chi connectivity index (χ3v) is 5.06. The molecule has 0 aromatic heterocycles. The van der Waals surface area contributed by atoms with Gasteiger partial charge in [0.2, 0.25) is 0 Å². The first kappa shape index (κ1) is 15.7. The molecule has 2 aliphatic rings. The summed E-state index contributed by atoms with van der Waals surface area (Å²) in [6.45, 7) is 0. The smallest absolute Gasteiger partial charge is 0.427 e. The molecule has 0 bridgehead atoms. The fraction of sp³-hybridized carbons (Fsp3) is 0.867. The fourth-order valence-corrected chi connectivity index (χ4v) is 3.62. The number of hydrogen-bond acceptors (Lipinski definition) is 4. The molecule has 0 aliphatic heterocycles. The predicted octanol–water partition coefficient (Wildman–Crippen LogP) is 2.13. The summed E-state index contributed by atoms with van der Waals surface area (Å²) < 4.78 is 0. The zero-order valence-electron chi connectivity index (χ0n) is 12.1. The van der Waals surface area contributed by atoms with Crippen molar-refractivity contribution in [2.75, 3.05) is 0 Å². The van der Waals surface area contributed by atoms with Crippen molar-refractivity contribution in [2.45, 2.75) is 70.0 Å². The molecule has 5 heteroatoms. The Labute approximate surface area is 121 Å². The predicted molar refractivity (Wildman–Crippen MR) is 77.1 cm³/mol. The van der Waals surface area contributed by atoms with Gasteiger partial charge in [-0.3, -0.25) is 9.59 Å². The molecule has 20 heavy (non-hydrogen) atoms. The van der Waals surface area contributed by atoms with Crippen molar-refractivity contribution < 1.29 is 19.6 Å². The van der Waals surface area contributed by atoms with Gasteiger partial charge in [0.05, 0.1) is 6.42 Å². The molecule has 2 N–H and O–H groups in total. The molecule has 0 radical (unpaired) electrons. The lowest BCUT2D eigenvalue weighted by atomic mass is 9.62. The first-order chi connectivity index (χ1) is 9.58. The zero-order chi connectivity index (χ0) is 14.5. The highest BCUT2D eigenvalue weighted by atomic mass is 16.4. The summed E-state index contributed by atoms with van der Waals surface area (Å²) in [6.07, 6.45) is 8.18. The molecule has 2 aliphatic carbocycles. The summed E-state index contributed by atoms with van der Waals surface area (Å²) in [6, 6.07) is 0. The van der Waals surface area contributed by atoms with Gasteiger partial charge in [0.15, 0.2) is 0 Å². The van der Waals surface area contributed by atoms with Gasteiger partial charge in [-0.1, -0.05) is 32.1 Å². The van der Waals surface area contributed by atoms with Gasteiger partial charge < -0.3 is 10.0 Å². The number of ketones is 2. The minimum Gasteiger partial charge on any atom is -0.427 e. The van der Waals surface area contributed by atoms with Gasteiger partial charge in [0.1, 0.15) is 11.6 Å². The fourth-order valence-electron chi connectivity index (χ4n) is 3.62. The van der Waals surface area contributed by atoms with E-state index in [1.54, 1.807) is 0 Å². The van der Waals surface area contributed by atoms with Crippen molar-refractivity contribution in [3.05, 3.63) is 0 Å². The maximum Gasteiger partial charge on any atom is 0.454 e. The third-order valence-electron chi connectivity index (χ3n) is 5.06. The summed E-state index contributed by atoms with van der Waals surface area (Å²) >= 11 is 0. The second-order valence-electron chi connectivity index (χ2n) is 6.47. The van der Waals surface area contributed by atoms with Crippen molar-refractivity contribution in [3.63, 3.8) is 0 Å². The highest BCUT2D eigenvalue weighted by Gasteiger charge is 2.33. The number of carbonyl (C=O) groups is 2. The zero-order valence-corrected chi connectivity index (χ0v) is 12.1. The minimum atomic E-state index is -1.27. The first-order valence-electron chi connectivity index (χ1n) is 7.99. The van der Waals surface area contributed by atoms with Crippen LogP contribution in [0.4, 0.5) is 0 Å². The lowest BCUT2D eigenvalue weighted by Crippen LogP contribution is -2.29. The topological polar surface area (TPSA) is 74.6 Å². The van der Waals surface area contributed by atoms with Crippen molar-refractivity contribution >= 4 is 18.7 Å². The Morgan fingerprint density at radius 2 is 1.30 bits per heavy atom. The molecular formula is C15H25BO4. The van der Waals surface area contributed by atoms with Crippen molar-refractivity contribution in [1.29, 1.82) is 0 Å². The van der Waals surface area contributed by atoms with Crippen LogP contribution in [-0.4, -0.2) is 28.7 Å². The number of hydrogen-bond donors (Lipinski definition) is 2. The maximum atomic E-state index is 12.2. The van der Waals surface area contributed by atoms with E-state index >= 15 is 0 Å². The quantitative estimate of drug-likeness (QED) is 0.597. The van der Waals surface area contributed by atoms with E-state index in [9.17, 15) is 9.59 Å². The second kappa shape index (κ2) is 7.37. The molecule has 0 amide bonds. The molecule has 112 valence electrons. The van der Waals surface area contributed by atoms with Crippen molar-refractivity contribution in [3.8, 4) is 0 Å². The van der Waals surface area contributed by atoms with Crippen LogP contribution in [0.2, 0.25) is 5.82 Å². The maximum absolute atomic E-state index is 12.2. The van der Waals surface area contributed by atoms with Gasteiger partial charge in [-0.15, -0.1) is 0 Å². The summed E-state index contributed by atoms with van der Waals surface area (Å²) in [7, 11) is -1.27. The van der Waals surface area contributed by atoms with Crippen LogP contribution in [0.15, 0.2) is 0 Å². The standard InChI is InChI=1S/C15H25BO4/c17-14(11-4-2-1-3-5-11)10-15(18)12-6-8-13(9-7-12)16(19)20/h11-13,19-20H,1-10H2. The van der Waals surface area contributed by atoms with Crippen LogP contribution in [0.5, 0.6) is 0 Å². The van der Waals surface area contributed by atoms with Crippen molar-refractivity contribution in [1.82, 2.24) is 0 Å². The van der Waals surface area contributed by atoms with Gasteiger partial charge >= 0.3 is 7.12 Å². The van der Waals surface area contributed by atoms with Crippen LogP contribution in [0.25, 0.3) is 0 Å². The molecule has 0 unspecified atom stereocenters. The molecule has 2 rings (SSSR count). The SMILES string of the molecule is O=C(CC(=O)C1CCC(B(O)O)CC1)C1CCCCC1.